The molecule has 0 aliphatic heterocycles. The summed E-state index contributed by atoms with van der Waals surface area (Å²) in [4.78, 5) is 17.0. The summed E-state index contributed by atoms with van der Waals surface area (Å²) in [5, 5.41) is 12.6. The number of aryl methyl sites for hydroxylation is 1. The number of aromatic nitrogens is 4. The largest absolute Gasteiger partial charge is 0.467 e. The Bertz CT molecular complexity index is 1190. The van der Waals surface area contributed by atoms with E-state index in [-0.39, 0.29) is 17.7 Å². The van der Waals surface area contributed by atoms with Crippen LogP contribution in [0.4, 0.5) is 0 Å². The quantitative estimate of drug-likeness (QED) is 0.428. The Hall–Kier alpha value is -3.39. The Labute approximate surface area is 190 Å². The molecule has 7 nitrogen and oxygen atoms in total. The van der Waals surface area contributed by atoms with Gasteiger partial charge in [0.15, 0.2) is 11.0 Å². The van der Waals surface area contributed by atoms with Crippen LogP contribution in [0, 0.1) is 0 Å². The number of rotatable bonds is 7. The highest BCUT2D eigenvalue weighted by atomic mass is 32.2. The number of nitrogens with one attached hydrogen (secondary N) is 1. The van der Waals surface area contributed by atoms with Crippen molar-refractivity contribution >= 4 is 17.7 Å². The first-order valence-electron chi connectivity index (χ1n) is 10.6. The number of furan rings is 1. The van der Waals surface area contributed by atoms with Crippen molar-refractivity contribution in [3.05, 3.63) is 84.1 Å². The molecule has 0 spiro atoms. The first-order valence-corrected chi connectivity index (χ1v) is 11.6. The second-order valence-electron chi connectivity index (χ2n) is 7.71. The molecule has 1 N–H and O–H groups in total. The molecule has 1 unspecified atom stereocenters. The maximum absolute atomic E-state index is 12.8. The molecule has 32 heavy (non-hydrogen) atoms. The van der Waals surface area contributed by atoms with Crippen molar-refractivity contribution in [2.45, 2.75) is 37.0 Å². The lowest BCUT2D eigenvalue weighted by Gasteiger charge is -2.26. The molecular formula is C24H23N5O2S. The predicted octanol–water partition coefficient (Wildman–Crippen LogP) is 4.27. The molecule has 0 radical (unpaired) electrons. The van der Waals surface area contributed by atoms with Crippen molar-refractivity contribution in [3.63, 3.8) is 0 Å². The maximum Gasteiger partial charge on any atom is 0.230 e. The number of thioether (sulfide) groups is 1. The van der Waals surface area contributed by atoms with Crippen LogP contribution in [0.15, 0.2) is 76.8 Å². The summed E-state index contributed by atoms with van der Waals surface area (Å²) < 4.78 is 7.49. The van der Waals surface area contributed by atoms with E-state index in [0.29, 0.717) is 17.5 Å². The Morgan fingerprint density at radius 1 is 1.16 bits per heavy atom. The van der Waals surface area contributed by atoms with Crippen LogP contribution < -0.4 is 5.32 Å². The van der Waals surface area contributed by atoms with Gasteiger partial charge in [-0.1, -0.05) is 36.0 Å². The summed E-state index contributed by atoms with van der Waals surface area (Å²) in [5.74, 6) is 1.74. The van der Waals surface area contributed by atoms with Crippen LogP contribution in [0.1, 0.15) is 35.8 Å². The van der Waals surface area contributed by atoms with Gasteiger partial charge in [0.2, 0.25) is 5.91 Å². The summed E-state index contributed by atoms with van der Waals surface area (Å²) in [5.41, 5.74) is 3.43. The predicted molar refractivity (Wildman–Crippen MR) is 122 cm³/mol. The Kier molecular flexibility index (Phi) is 6.02. The molecule has 0 saturated carbocycles. The van der Waals surface area contributed by atoms with Gasteiger partial charge in [0, 0.05) is 18.0 Å². The highest BCUT2D eigenvalue weighted by Gasteiger charge is 2.22. The minimum absolute atomic E-state index is 0.00724. The summed E-state index contributed by atoms with van der Waals surface area (Å²) in [6.45, 7) is 0.476. The lowest BCUT2D eigenvalue weighted by Crippen LogP contribution is -2.32. The molecule has 5 rings (SSSR count). The number of hydrogen-bond acceptors (Lipinski definition) is 6. The van der Waals surface area contributed by atoms with Crippen molar-refractivity contribution < 1.29 is 9.21 Å². The van der Waals surface area contributed by atoms with Crippen molar-refractivity contribution in [1.29, 1.82) is 0 Å². The van der Waals surface area contributed by atoms with Gasteiger partial charge in [0.25, 0.3) is 0 Å². The van der Waals surface area contributed by atoms with Crippen LogP contribution in [0.5, 0.6) is 0 Å². The fourth-order valence-electron chi connectivity index (χ4n) is 4.07. The smallest absolute Gasteiger partial charge is 0.230 e. The summed E-state index contributed by atoms with van der Waals surface area (Å²) >= 11 is 1.38. The summed E-state index contributed by atoms with van der Waals surface area (Å²) in [7, 11) is 0. The Balaban J connectivity index is 1.31. The third-order valence-electron chi connectivity index (χ3n) is 5.57. The fraction of sp³-hybridized carbons (Fsp3) is 0.250. The standard InChI is InChI=1S/C24H23N5O2S/c30-22(26-21-11-3-7-17-6-1-2-10-20(17)21)16-32-24-28-27-23(18-8-4-12-25-14-18)29(24)15-19-9-5-13-31-19/h1-2,4-6,8-10,12-14,21H,3,7,11,15-16H2,(H,26,30). The van der Waals surface area contributed by atoms with E-state index in [4.69, 9.17) is 4.42 Å². The van der Waals surface area contributed by atoms with E-state index >= 15 is 0 Å². The van der Waals surface area contributed by atoms with Crippen molar-refractivity contribution in [3.8, 4) is 11.4 Å². The summed E-state index contributed by atoms with van der Waals surface area (Å²) in [6.07, 6.45) is 8.24. The molecule has 8 heteroatoms. The van der Waals surface area contributed by atoms with E-state index < -0.39 is 0 Å². The Morgan fingerprint density at radius 3 is 2.94 bits per heavy atom. The van der Waals surface area contributed by atoms with E-state index in [0.717, 1.165) is 30.6 Å². The second-order valence-corrected chi connectivity index (χ2v) is 8.66. The lowest BCUT2D eigenvalue weighted by atomic mass is 9.88. The monoisotopic (exact) mass is 445 g/mol. The van der Waals surface area contributed by atoms with Gasteiger partial charge in [0.05, 0.1) is 24.6 Å². The SMILES string of the molecule is O=C(CSc1nnc(-c2cccnc2)n1Cc1ccco1)NC1CCCc2ccccc21. The highest BCUT2D eigenvalue weighted by molar-refractivity contribution is 7.99. The van der Waals surface area contributed by atoms with Gasteiger partial charge in [-0.05, 0) is 54.7 Å². The first kappa shape index (κ1) is 20.5. The van der Waals surface area contributed by atoms with Gasteiger partial charge in [0.1, 0.15) is 5.76 Å². The second kappa shape index (κ2) is 9.40. The fourth-order valence-corrected chi connectivity index (χ4v) is 4.82. The van der Waals surface area contributed by atoms with Crippen LogP contribution in [-0.2, 0) is 17.8 Å². The molecule has 0 bridgehead atoms. The minimum Gasteiger partial charge on any atom is -0.467 e. The van der Waals surface area contributed by atoms with Crippen LogP contribution >= 0.6 is 11.8 Å². The molecule has 3 aromatic heterocycles. The molecule has 1 atom stereocenters. The zero-order valence-electron chi connectivity index (χ0n) is 17.5. The number of carbonyl (C=O) groups excluding carboxylic acids is 1. The number of benzene rings is 1. The third kappa shape index (κ3) is 4.45. The van der Waals surface area contributed by atoms with Crippen molar-refractivity contribution in [2.24, 2.45) is 0 Å². The molecule has 1 aliphatic rings. The number of carbonyl (C=O) groups is 1. The molecule has 4 aromatic rings. The molecular weight excluding hydrogens is 422 g/mol. The molecule has 0 fully saturated rings. The Morgan fingerprint density at radius 2 is 2.09 bits per heavy atom. The van der Waals surface area contributed by atoms with Gasteiger partial charge in [-0.2, -0.15) is 0 Å². The first-order chi connectivity index (χ1) is 15.8. The van der Waals surface area contributed by atoms with Gasteiger partial charge in [-0.25, -0.2) is 0 Å². The van der Waals surface area contributed by atoms with Crippen LogP contribution in [0.25, 0.3) is 11.4 Å². The normalized spacial score (nSPS) is 15.3. The number of hydrogen-bond donors (Lipinski definition) is 1. The van der Waals surface area contributed by atoms with Crippen LogP contribution in [-0.4, -0.2) is 31.4 Å². The van der Waals surface area contributed by atoms with Crippen molar-refractivity contribution in [1.82, 2.24) is 25.1 Å². The van der Waals surface area contributed by atoms with Gasteiger partial charge < -0.3 is 9.73 Å². The highest BCUT2D eigenvalue weighted by Crippen LogP contribution is 2.30. The molecule has 0 saturated heterocycles. The third-order valence-corrected chi connectivity index (χ3v) is 6.53. The van der Waals surface area contributed by atoms with E-state index in [1.165, 1.54) is 22.9 Å². The van der Waals surface area contributed by atoms with E-state index in [1.54, 1.807) is 18.7 Å². The van der Waals surface area contributed by atoms with Crippen LogP contribution in [0.3, 0.4) is 0 Å². The summed E-state index contributed by atoms with van der Waals surface area (Å²) in [6, 6.07) is 16.0. The zero-order chi connectivity index (χ0) is 21.8. The number of pyridine rings is 1. The van der Waals surface area contributed by atoms with E-state index in [2.05, 4.69) is 38.7 Å². The van der Waals surface area contributed by atoms with Gasteiger partial charge in [-0.3, -0.25) is 14.3 Å². The number of nitrogens with zero attached hydrogens (tertiary/aromatic N) is 4. The number of fused-ring (bicyclic) bond motifs is 1. The topological polar surface area (TPSA) is 85.8 Å². The average Bonchev–Trinajstić information content (AvgIpc) is 3.49. The number of amides is 1. The zero-order valence-corrected chi connectivity index (χ0v) is 18.3. The molecule has 1 amide bonds. The van der Waals surface area contributed by atoms with Gasteiger partial charge >= 0.3 is 0 Å². The van der Waals surface area contributed by atoms with Gasteiger partial charge in [-0.15, -0.1) is 10.2 Å². The van der Waals surface area contributed by atoms with E-state index in [9.17, 15) is 4.79 Å². The van der Waals surface area contributed by atoms with E-state index in [1.807, 2.05) is 34.9 Å². The molecule has 3 heterocycles. The molecule has 162 valence electrons. The molecule has 1 aromatic carbocycles. The van der Waals surface area contributed by atoms with Crippen LogP contribution in [0.2, 0.25) is 0 Å². The molecule has 1 aliphatic carbocycles. The maximum atomic E-state index is 12.8. The average molecular weight is 446 g/mol. The van der Waals surface area contributed by atoms with Crippen molar-refractivity contribution in [2.75, 3.05) is 5.75 Å². The lowest BCUT2D eigenvalue weighted by molar-refractivity contribution is -0.119. The minimum atomic E-state index is -0.00724.